The molecule has 0 aliphatic carbocycles. The number of carbonyl (C=O) groups excluding carboxylic acids is 1. The lowest BCUT2D eigenvalue weighted by Crippen LogP contribution is -2.46. The Kier molecular flexibility index (Phi) is 9.96. The standard InChI is InChI=1S/C27H38N2O4S/c1-22(2)33-26-16-14-24(15-17-26)11-6-18-28-27(30)25-13-7-19-29(21-25)34(31,32)20-8-12-23-9-4-3-5-10-23/h3-5,9-10,14-17,22,25H,6-8,11-13,18-21H2,1-2H3,(H,28,30)/t25-/m1/s1. The van der Waals surface area contributed by atoms with E-state index in [4.69, 9.17) is 4.74 Å². The molecule has 2 aromatic rings. The Morgan fingerprint density at radius 3 is 2.41 bits per heavy atom. The Bertz CT molecular complexity index is 991. The van der Waals surface area contributed by atoms with Crippen molar-refractivity contribution in [2.45, 2.75) is 58.5 Å². The lowest BCUT2D eigenvalue weighted by atomic mass is 9.99. The molecule has 0 unspecified atom stereocenters. The van der Waals surface area contributed by atoms with Gasteiger partial charge in [-0.15, -0.1) is 0 Å². The van der Waals surface area contributed by atoms with E-state index < -0.39 is 10.0 Å². The zero-order valence-electron chi connectivity index (χ0n) is 20.4. The van der Waals surface area contributed by atoms with E-state index in [2.05, 4.69) is 17.4 Å². The maximum absolute atomic E-state index is 12.8. The first-order valence-corrected chi connectivity index (χ1v) is 14.0. The Morgan fingerprint density at radius 2 is 1.71 bits per heavy atom. The molecule has 1 aliphatic heterocycles. The summed E-state index contributed by atoms with van der Waals surface area (Å²) in [6.45, 7) is 5.39. The van der Waals surface area contributed by atoms with Gasteiger partial charge in [0.25, 0.3) is 0 Å². The molecule has 186 valence electrons. The fourth-order valence-corrected chi connectivity index (χ4v) is 5.88. The summed E-state index contributed by atoms with van der Waals surface area (Å²) < 4.78 is 32.8. The molecule has 1 atom stereocenters. The molecule has 0 bridgehead atoms. The van der Waals surface area contributed by atoms with E-state index in [1.54, 1.807) is 0 Å². The van der Waals surface area contributed by atoms with E-state index in [0.29, 0.717) is 19.5 Å². The van der Waals surface area contributed by atoms with Crippen LogP contribution in [0.1, 0.15) is 50.7 Å². The van der Waals surface area contributed by atoms with E-state index in [0.717, 1.165) is 43.4 Å². The number of aryl methyl sites for hydroxylation is 2. The van der Waals surface area contributed by atoms with Crippen molar-refractivity contribution in [1.82, 2.24) is 9.62 Å². The number of nitrogens with one attached hydrogen (secondary N) is 1. The molecule has 1 fully saturated rings. The third-order valence-electron chi connectivity index (χ3n) is 6.10. The van der Waals surface area contributed by atoms with E-state index in [9.17, 15) is 13.2 Å². The van der Waals surface area contributed by atoms with Gasteiger partial charge < -0.3 is 10.1 Å². The summed E-state index contributed by atoms with van der Waals surface area (Å²) in [6.07, 6.45) is 4.65. The molecule has 0 aromatic heterocycles. The fourth-order valence-electron chi connectivity index (χ4n) is 4.30. The molecule has 1 amide bonds. The Hall–Kier alpha value is -2.38. The smallest absolute Gasteiger partial charge is 0.224 e. The van der Waals surface area contributed by atoms with Crippen molar-refractivity contribution in [3.05, 3.63) is 65.7 Å². The van der Waals surface area contributed by atoms with Gasteiger partial charge in [-0.2, -0.15) is 0 Å². The number of hydrogen-bond donors (Lipinski definition) is 1. The average Bonchev–Trinajstić information content (AvgIpc) is 2.83. The van der Waals surface area contributed by atoms with Gasteiger partial charge in [0.2, 0.25) is 15.9 Å². The normalized spacial score (nSPS) is 17.0. The number of piperidine rings is 1. The summed E-state index contributed by atoms with van der Waals surface area (Å²) in [4.78, 5) is 12.7. The summed E-state index contributed by atoms with van der Waals surface area (Å²) in [6, 6.07) is 18.0. The van der Waals surface area contributed by atoms with E-state index in [-0.39, 0.29) is 30.2 Å². The molecule has 1 heterocycles. The largest absolute Gasteiger partial charge is 0.491 e. The van der Waals surface area contributed by atoms with E-state index in [1.807, 2.05) is 56.3 Å². The summed E-state index contributed by atoms with van der Waals surface area (Å²) in [7, 11) is -3.35. The van der Waals surface area contributed by atoms with Gasteiger partial charge in [0, 0.05) is 19.6 Å². The lowest BCUT2D eigenvalue weighted by Gasteiger charge is -2.31. The molecule has 6 nitrogen and oxygen atoms in total. The molecule has 0 spiro atoms. The zero-order valence-corrected chi connectivity index (χ0v) is 21.2. The number of sulfonamides is 1. The molecule has 0 saturated carbocycles. The van der Waals surface area contributed by atoms with Crippen molar-refractivity contribution in [2.24, 2.45) is 5.92 Å². The van der Waals surface area contributed by atoms with Crippen LogP contribution in [0.2, 0.25) is 0 Å². The van der Waals surface area contributed by atoms with Gasteiger partial charge in [0.1, 0.15) is 5.75 Å². The van der Waals surface area contributed by atoms with Crippen LogP contribution < -0.4 is 10.1 Å². The minimum absolute atomic E-state index is 0.0372. The number of amides is 1. The number of carbonyl (C=O) groups is 1. The molecule has 1 saturated heterocycles. The SMILES string of the molecule is CC(C)Oc1ccc(CCCNC(=O)[C@@H]2CCCN(S(=O)(=O)CCCc3ccccc3)C2)cc1. The maximum Gasteiger partial charge on any atom is 0.224 e. The number of rotatable bonds is 12. The van der Waals surface area contributed by atoms with Gasteiger partial charge in [0.05, 0.1) is 17.8 Å². The van der Waals surface area contributed by atoms with Crippen LogP contribution in [0.3, 0.4) is 0 Å². The van der Waals surface area contributed by atoms with Crippen LogP contribution in [0.4, 0.5) is 0 Å². The highest BCUT2D eigenvalue weighted by Crippen LogP contribution is 2.21. The van der Waals surface area contributed by atoms with Crippen molar-refractivity contribution in [3.63, 3.8) is 0 Å². The highest BCUT2D eigenvalue weighted by atomic mass is 32.2. The first kappa shape index (κ1) is 26.2. The minimum atomic E-state index is -3.35. The average molecular weight is 487 g/mol. The van der Waals surface area contributed by atoms with Crippen molar-refractivity contribution in [3.8, 4) is 5.75 Å². The van der Waals surface area contributed by atoms with Crippen LogP contribution in [-0.4, -0.2) is 50.1 Å². The van der Waals surface area contributed by atoms with Crippen LogP contribution in [0.5, 0.6) is 5.75 Å². The molecular weight excluding hydrogens is 448 g/mol. The third kappa shape index (κ3) is 8.44. The number of hydrogen-bond acceptors (Lipinski definition) is 4. The van der Waals surface area contributed by atoms with Crippen LogP contribution in [0.25, 0.3) is 0 Å². The molecule has 3 rings (SSSR count). The predicted molar refractivity (Wildman–Crippen MR) is 136 cm³/mol. The van der Waals surface area contributed by atoms with Gasteiger partial charge in [-0.1, -0.05) is 42.5 Å². The molecular formula is C27H38N2O4S. The Morgan fingerprint density at radius 1 is 1.03 bits per heavy atom. The van der Waals surface area contributed by atoms with Crippen molar-refractivity contribution < 1.29 is 17.9 Å². The zero-order chi connectivity index (χ0) is 24.4. The minimum Gasteiger partial charge on any atom is -0.491 e. The lowest BCUT2D eigenvalue weighted by molar-refractivity contribution is -0.126. The Labute approximate surface area is 204 Å². The van der Waals surface area contributed by atoms with E-state index in [1.165, 1.54) is 9.87 Å². The van der Waals surface area contributed by atoms with Crippen LogP contribution in [0, 0.1) is 5.92 Å². The van der Waals surface area contributed by atoms with Crippen LogP contribution in [0.15, 0.2) is 54.6 Å². The first-order chi connectivity index (χ1) is 16.3. The topological polar surface area (TPSA) is 75.7 Å². The van der Waals surface area contributed by atoms with Gasteiger partial charge in [-0.05, 0) is 75.6 Å². The summed E-state index contributed by atoms with van der Waals surface area (Å²) >= 11 is 0. The highest BCUT2D eigenvalue weighted by molar-refractivity contribution is 7.89. The van der Waals surface area contributed by atoms with Crippen LogP contribution >= 0.6 is 0 Å². The summed E-state index contributed by atoms with van der Waals surface area (Å²) in [5.41, 5.74) is 2.35. The second-order valence-electron chi connectivity index (χ2n) is 9.31. The Balaban J connectivity index is 1.38. The first-order valence-electron chi connectivity index (χ1n) is 12.4. The summed E-state index contributed by atoms with van der Waals surface area (Å²) in [5.74, 6) is 0.677. The highest BCUT2D eigenvalue weighted by Gasteiger charge is 2.31. The predicted octanol–water partition coefficient (Wildman–Crippen LogP) is 4.20. The van der Waals surface area contributed by atoms with Gasteiger partial charge in [-0.3, -0.25) is 4.79 Å². The van der Waals surface area contributed by atoms with Gasteiger partial charge in [-0.25, -0.2) is 12.7 Å². The second-order valence-corrected chi connectivity index (χ2v) is 11.4. The van der Waals surface area contributed by atoms with Crippen molar-refractivity contribution in [1.29, 1.82) is 0 Å². The molecule has 1 aliphatic rings. The van der Waals surface area contributed by atoms with E-state index >= 15 is 0 Å². The van der Waals surface area contributed by atoms with Gasteiger partial charge in [0.15, 0.2) is 0 Å². The van der Waals surface area contributed by atoms with Crippen molar-refractivity contribution >= 4 is 15.9 Å². The molecule has 34 heavy (non-hydrogen) atoms. The van der Waals surface area contributed by atoms with Crippen molar-refractivity contribution in [2.75, 3.05) is 25.4 Å². The maximum atomic E-state index is 12.8. The molecule has 0 radical (unpaired) electrons. The molecule has 1 N–H and O–H groups in total. The molecule has 2 aromatic carbocycles. The number of benzene rings is 2. The molecule has 7 heteroatoms. The monoisotopic (exact) mass is 486 g/mol. The quantitative estimate of drug-likeness (QED) is 0.456. The summed E-state index contributed by atoms with van der Waals surface area (Å²) in [5, 5.41) is 3.01. The third-order valence-corrected chi connectivity index (χ3v) is 8.02. The van der Waals surface area contributed by atoms with Gasteiger partial charge >= 0.3 is 0 Å². The number of ether oxygens (including phenoxy) is 1. The number of nitrogens with zero attached hydrogens (tertiary/aromatic N) is 1. The fraction of sp³-hybridized carbons (Fsp3) is 0.519. The van der Waals surface area contributed by atoms with Crippen LogP contribution in [-0.2, 0) is 27.7 Å². The second kappa shape index (κ2) is 12.9.